The molecule has 0 radical (unpaired) electrons. The van der Waals surface area contributed by atoms with Crippen LogP contribution in [0.5, 0.6) is 5.75 Å². The Kier molecular flexibility index (Phi) is 7.09. The van der Waals surface area contributed by atoms with Gasteiger partial charge in [-0.05, 0) is 81.0 Å². The van der Waals surface area contributed by atoms with Gasteiger partial charge in [0.05, 0.1) is 36.8 Å². The summed E-state index contributed by atoms with van der Waals surface area (Å²) in [5.74, 6) is 0.415. The van der Waals surface area contributed by atoms with Crippen molar-refractivity contribution in [1.29, 1.82) is 0 Å². The number of benzene rings is 2. The van der Waals surface area contributed by atoms with Crippen molar-refractivity contribution in [1.82, 2.24) is 14.9 Å². The van der Waals surface area contributed by atoms with E-state index in [1.165, 1.54) is 7.11 Å². The summed E-state index contributed by atoms with van der Waals surface area (Å²) in [6.45, 7) is 6.39. The highest BCUT2D eigenvalue weighted by Gasteiger charge is 2.43. The predicted molar refractivity (Wildman–Crippen MR) is 159 cm³/mol. The monoisotopic (exact) mass is 561 g/mol. The molecule has 0 aliphatic carbocycles. The first-order chi connectivity index (χ1) is 18.6. The number of nitrogens with one attached hydrogen (secondary N) is 2. The lowest BCUT2D eigenvalue weighted by molar-refractivity contribution is 0.417. The van der Waals surface area contributed by atoms with Crippen LogP contribution in [0.4, 0.5) is 11.4 Å². The van der Waals surface area contributed by atoms with Gasteiger partial charge in [0, 0.05) is 34.5 Å². The van der Waals surface area contributed by atoms with Crippen LogP contribution in [-0.4, -0.2) is 36.4 Å². The normalized spacial score (nSPS) is 17.3. The molecule has 0 unspecified atom stereocenters. The van der Waals surface area contributed by atoms with Crippen molar-refractivity contribution in [2.45, 2.75) is 32.9 Å². The van der Waals surface area contributed by atoms with Crippen molar-refractivity contribution in [3.8, 4) is 11.4 Å². The molecular weight excluding hydrogens is 530 g/mol. The molecule has 1 aliphatic rings. The van der Waals surface area contributed by atoms with Crippen molar-refractivity contribution in [3.05, 3.63) is 101 Å². The third-order valence-corrected chi connectivity index (χ3v) is 8.08. The summed E-state index contributed by atoms with van der Waals surface area (Å²) in [6.07, 6.45) is 2.89. The summed E-state index contributed by atoms with van der Waals surface area (Å²) < 4.78 is 34.5. The largest absolute Gasteiger partial charge is 0.495 e. The van der Waals surface area contributed by atoms with E-state index in [2.05, 4.69) is 52.5 Å². The molecule has 8 nitrogen and oxygen atoms in total. The number of hydrogen-bond donors (Lipinski definition) is 2. The van der Waals surface area contributed by atoms with E-state index in [9.17, 15) is 8.42 Å². The van der Waals surface area contributed by atoms with Crippen LogP contribution in [0.3, 0.4) is 0 Å². The average molecular weight is 562 g/mol. The molecule has 4 aromatic rings. The van der Waals surface area contributed by atoms with Gasteiger partial charge >= 0.3 is 0 Å². The molecule has 2 aromatic carbocycles. The first-order valence-electron chi connectivity index (χ1n) is 12.5. The summed E-state index contributed by atoms with van der Waals surface area (Å²) in [5, 5.41) is 4.03. The zero-order chi connectivity index (χ0) is 27.9. The summed E-state index contributed by atoms with van der Waals surface area (Å²) in [4.78, 5) is 6.72. The lowest BCUT2D eigenvalue weighted by Crippen LogP contribution is -2.30. The lowest BCUT2D eigenvalue weighted by atomic mass is 9.93. The fraction of sp³-hybridized carbons (Fsp3) is 0.241. The Morgan fingerprint density at radius 3 is 2.33 bits per heavy atom. The standard InChI is InChI=1S/C29H31N5O3S2/c1-18-19(2)33(21-11-7-6-8-12-21)20(3)26(18)28-27(23-13-9-10-16-30-23)31-29(38)34(28)22-14-15-25(37-4)24(17-22)32-39(5,35)36/h6-17,27-28,32H,1-5H3,(H,31,38)/t27-,28+/m0/s1. The van der Waals surface area contributed by atoms with E-state index in [0.717, 1.165) is 45.8 Å². The summed E-state index contributed by atoms with van der Waals surface area (Å²) >= 11 is 5.92. The molecule has 1 saturated heterocycles. The SMILES string of the molecule is COc1ccc(N2C(=S)N[C@@H](c3ccccn3)[C@H]2c2c(C)c(C)n(-c3ccccc3)c2C)cc1NS(C)(=O)=O. The second-order valence-corrected chi connectivity index (χ2v) is 11.8. The van der Waals surface area contributed by atoms with Crippen LogP contribution in [0.2, 0.25) is 0 Å². The summed E-state index contributed by atoms with van der Waals surface area (Å²) in [7, 11) is -2.03. The maximum absolute atomic E-state index is 12.1. The molecule has 1 fully saturated rings. The van der Waals surface area contributed by atoms with Gasteiger partial charge in [0.15, 0.2) is 5.11 Å². The molecule has 0 spiro atoms. The zero-order valence-corrected chi connectivity index (χ0v) is 24.1. The first kappa shape index (κ1) is 26.7. The number of ether oxygens (including phenoxy) is 1. The first-order valence-corrected chi connectivity index (χ1v) is 14.8. The topological polar surface area (TPSA) is 88.5 Å². The van der Waals surface area contributed by atoms with E-state index in [1.54, 1.807) is 18.3 Å². The smallest absolute Gasteiger partial charge is 0.229 e. The highest BCUT2D eigenvalue weighted by atomic mass is 32.2. The molecule has 0 saturated carbocycles. The second-order valence-electron chi connectivity index (χ2n) is 9.64. The van der Waals surface area contributed by atoms with Gasteiger partial charge in [-0.3, -0.25) is 9.71 Å². The van der Waals surface area contributed by atoms with Gasteiger partial charge in [-0.2, -0.15) is 0 Å². The molecule has 0 amide bonds. The second kappa shape index (κ2) is 10.3. The molecule has 202 valence electrons. The van der Waals surface area contributed by atoms with Crippen LogP contribution in [0.1, 0.15) is 40.3 Å². The minimum absolute atomic E-state index is 0.240. The van der Waals surface area contributed by atoms with Crippen LogP contribution in [-0.2, 0) is 10.0 Å². The number of rotatable bonds is 7. The van der Waals surface area contributed by atoms with Crippen LogP contribution >= 0.6 is 12.2 Å². The Bertz CT molecular complexity index is 1640. The number of thiocarbonyl (C=S) groups is 1. The third-order valence-electron chi connectivity index (χ3n) is 7.17. The van der Waals surface area contributed by atoms with Crippen LogP contribution < -0.4 is 19.7 Å². The fourth-order valence-electron chi connectivity index (χ4n) is 5.46. The van der Waals surface area contributed by atoms with Crippen LogP contribution in [0.25, 0.3) is 5.69 Å². The van der Waals surface area contributed by atoms with E-state index in [4.69, 9.17) is 17.0 Å². The minimum atomic E-state index is -3.54. The zero-order valence-electron chi connectivity index (χ0n) is 22.5. The van der Waals surface area contributed by atoms with Gasteiger partial charge in [0.2, 0.25) is 10.0 Å². The maximum atomic E-state index is 12.1. The number of anilines is 2. The van der Waals surface area contributed by atoms with E-state index in [1.807, 2.05) is 47.4 Å². The fourth-order valence-corrected chi connectivity index (χ4v) is 6.36. The van der Waals surface area contributed by atoms with E-state index >= 15 is 0 Å². The van der Waals surface area contributed by atoms with Crippen molar-refractivity contribution in [2.75, 3.05) is 23.0 Å². The Morgan fingerprint density at radius 2 is 1.69 bits per heavy atom. The Balaban J connectivity index is 1.72. The van der Waals surface area contributed by atoms with Crippen LogP contribution in [0, 0.1) is 20.8 Å². The van der Waals surface area contributed by atoms with Crippen LogP contribution in [0.15, 0.2) is 72.9 Å². The number of hydrogen-bond acceptors (Lipinski definition) is 5. The van der Waals surface area contributed by atoms with Gasteiger partial charge in [-0.25, -0.2) is 8.42 Å². The molecule has 3 heterocycles. The summed E-state index contributed by atoms with van der Waals surface area (Å²) in [5.41, 5.74) is 7.54. The van der Waals surface area contributed by atoms with Gasteiger partial charge in [-0.15, -0.1) is 0 Å². The van der Waals surface area contributed by atoms with Gasteiger partial charge < -0.3 is 19.5 Å². The highest BCUT2D eigenvalue weighted by molar-refractivity contribution is 7.92. The molecule has 1 aliphatic heterocycles. The number of methoxy groups -OCH3 is 1. The van der Waals surface area contributed by atoms with Crippen molar-refractivity contribution in [3.63, 3.8) is 0 Å². The van der Waals surface area contributed by atoms with Gasteiger partial charge in [0.25, 0.3) is 0 Å². The molecule has 2 N–H and O–H groups in total. The molecule has 39 heavy (non-hydrogen) atoms. The highest BCUT2D eigenvalue weighted by Crippen LogP contribution is 2.46. The molecule has 10 heteroatoms. The molecule has 0 bridgehead atoms. The number of sulfonamides is 1. The Morgan fingerprint density at radius 1 is 0.974 bits per heavy atom. The van der Waals surface area contributed by atoms with E-state index < -0.39 is 10.0 Å². The average Bonchev–Trinajstić information content (AvgIpc) is 3.35. The van der Waals surface area contributed by atoms with Crippen molar-refractivity contribution in [2.24, 2.45) is 0 Å². The van der Waals surface area contributed by atoms with E-state index in [-0.39, 0.29) is 12.1 Å². The quantitative estimate of drug-likeness (QED) is 0.294. The Hall–Kier alpha value is -3.89. The van der Waals surface area contributed by atoms with Gasteiger partial charge in [0.1, 0.15) is 5.75 Å². The van der Waals surface area contributed by atoms with Gasteiger partial charge in [-0.1, -0.05) is 24.3 Å². The summed E-state index contributed by atoms with van der Waals surface area (Å²) in [6, 6.07) is 21.0. The number of nitrogens with zero attached hydrogens (tertiary/aromatic N) is 3. The molecule has 5 rings (SSSR count). The number of aromatic nitrogens is 2. The Labute approximate surface area is 234 Å². The minimum Gasteiger partial charge on any atom is -0.495 e. The van der Waals surface area contributed by atoms with Crippen molar-refractivity contribution < 1.29 is 13.2 Å². The molecular formula is C29H31N5O3S2. The van der Waals surface area contributed by atoms with Crippen molar-refractivity contribution >= 4 is 38.7 Å². The van der Waals surface area contributed by atoms with E-state index in [0.29, 0.717) is 16.5 Å². The number of para-hydroxylation sites is 1. The lowest BCUT2D eigenvalue weighted by Gasteiger charge is -2.29. The predicted octanol–water partition coefficient (Wildman–Crippen LogP) is 5.35. The number of pyridine rings is 1. The third kappa shape index (κ3) is 4.97. The molecule has 2 aromatic heterocycles. The molecule has 2 atom stereocenters. The maximum Gasteiger partial charge on any atom is 0.229 e.